The van der Waals surface area contributed by atoms with E-state index in [4.69, 9.17) is 0 Å². The molecule has 1 fully saturated rings. The summed E-state index contributed by atoms with van der Waals surface area (Å²) in [7, 11) is 1.97. The monoisotopic (exact) mass is 325 g/mol. The van der Waals surface area contributed by atoms with Crippen molar-refractivity contribution in [2.75, 3.05) is 19.6 Å². The van der Waals surface area contributed by atoms with Gasteiger partial charge in [0.1, 0.15) is 0 Å². The quantitative estimate of drug-likeness (QED) is 0.886. The SMILES string of the molecule is Cc1cccc(CN2CC[C@H](CNC(=O)Cc3ccn(C)c3)C2)c1. The molecule has 0 aliphatic carbocycles. The Morgan fingerprint density at radius 3 is 2.92 bits per heavy atom. The van der Waals surface area contributed by atoms with E-state index < -0.39 is 0 Å². The number of aryl methyl sites for hydroxylation is 2. The number of hydrogen-bond donors (Lipinski definition) is 1. The van der Waals surface area contributed by atoms with Crippen LogP contribution in [-0.2, 0) is 24.8 Å². The zero-order valence-electron chi connectivity index (χ0n) is 14.7. The minimum atomic E-state index is 0.123. The molecule has 2 aromatic rings. The molecule has 0 bridgehead atoms. The van der Waals surface area contributed by atoms with Crippen LogP contribution in [0.2, 0.25) is 0 Å². The molecule has 1 atom stereocenters. The Balaban J connectivity index is 1.40. The number of aromatic nitrogens is 1. The smallest absolute Gasteiger partial charge is 0.224 e. The summed E-state index contributed by atoms with van der Waals surface area (Å²) in [6.45, 7) is 6.12. The Labute approximate surface area is 144 Å². The summed E-state index contributed by atoms with van der Waals surface area (Å²) < 4.78 is 1.97. The van der Waals surface area contributed by atoms with E-state index in [0.717, 1.165) is 38.2 Å². The number of carbonyl (C=O) groups excluding carboxylic acids is 1. The van der Waals surface area contributed by atoms with Gasteiger partial charge in [0.05, 0.1) is 6.42 Å². The van der Waals surface area contributed by atoms with E-state index in [9.17, 15) is 4.79 Å². The van der Waals surface area contributed by atoms with Gasteiger partial charge in [0.25, 0.3) is 0 Å². The first-order chi connectivity index (χ1) is 11.6. The summed E-state index contributed by atoms with van der Waals surface area (Å²) in [5, 5.41) is 3.10. The van der Waals surface area contributed by atoms with Crippen LogP contribution in [0.25, 0.3) is 0 Å². The summed E-state index contributed by atoms with van der Waals surface area (Å²) in [6.07, 6.45) is 5.61. The second-order valence-electron chi connectivity index (χ2n) is 7.04. The maximum absolute atomic E-state index is 12.1. The molecule has 4 nitrogen and oxygen atoms in total. The zero-order chi connectivity index (χ0) is 16.9. The molecule has 1 amide bonds. The fourth-order valence-electron chi connectivity index (χ4n) is 3.46. The highest BCUT2D eigenvalue weighted by atomic mass is 16.1. The average molecular weight is 325 g/mol. The Hall–Kier alpha value is -2.07. The van der Waals surface area contributed by atoms with Crippen LogP contribution in [-0.4, -0.2) is 35.0 Å². The summed E-state index contributed by atoms with van der Waals surface area (Å²) in [6, 6.07) is 10.7. The van der Waals surface area contributed by atoms with Crippen LogP contribution in [0, 0.1) is 12.8 Å². The average Bonchev–Trinajstić information content (AvgIpc) is 3.14. The molecule has 1 aliphatic rings. The standard InChI is InChI=1S/C20H27N3O/c1-16-4-3-5-17(10-16)14-23-9-7-19(15-23)12-21-20(24)11-18-6-8-22(2)13-18/h3-6,8,10,13,19H,7,9,11-12,14-15H2,1-2H3,(H,21,24)/t19-/m1/s1. The summed E-state index contributed by atoms with van der Waals surface area (Å²) >= 11 is 0. The highest BCUT2D eigenvalue weighted by Crippen LogP contribution is 2.18. The lowest BCUT2D eigenvalue weighted by Crippen LogP contribution is -2.31. The maximum atomic E-state index is 12.1. The Kier molecular flexibility index (Phi) is 5.36. The second-order valence-corrected chi connectivity index (χ2v) is 7.04. The first-order valence-electron chi connectivity index (χ1n) is 8.74. The molecule has 1 N–H and O–H groups in total. The fraction of sp³-hybridized carbons (Fsp3) is 0.450. The molecular formula is C20H27N3O. The third kappa shape index (κ3) is 4.71. The topological polar surface area (TPSA) is 37.3 Å². The van der Waals surface area contributed by atoms with Crippen LogP contribution in [0.3, 0.4) is 0 Å². The Morgan fingerprint density at radius 2 is 2.17 bits per heavy atom. The number of benzene rings is 1. The van der Waals surface area contributed by atoms with E-state index in [2.05, 4.69) is 41.4 Å². The van der Waals surface area contributed by atoms with E-state index in [0.29, 0.717) is 12.3 Å². The van der Waals surface area contributed by atoms with Crippen molar-refractivity contribution in [3.05, 3.63) is 59.4 Å². The minimum Gasteiger partial charge on any atom is -0.357 e. The molecule has 0 radical (unpaired) electrons. The van der Waals surface area contributed by atoms with Crippen LogP contribution in [0.15, 0.2) is 42.7 Å². The van der Waals surface area contributed by atoms with Crippen LogP contribution < -0.4 is 5.32 Å². The number of amides is 1. The molecule has 1 saturated heterocycles. The van der Waals surface area contributed by atoms with Gasteiger partial charge >= 0.3 is 0 Å². The molecule has 0 spiro atoms. The van der Waals surface area contributed by atoms with Crippen molar-refractivity contribution in [1.82, 2.24) is 14.8 Å². The summed E-state index contributed by atoms with van der Waals surface area (Å²) in [5.74, 6) is 0.688. The first kappa shape index (κ1) is 16.8. The van der Waals surface area contributed by atoms with Gasteiger partial charge in [-0.15, -0.1) is 0 Å². The summed E-state index contributed by atoms with van der Waals surface area (Å²) in [4.78, 5) is 14.5. The number of likely N-dealkylation sites (tertiary alicyclic amines) is 1. The highest BCUT2D eigenvalue weighted by Gasteiger charge is 2.22. The van der Waals surface area contributed by atoms with Crippen molar-refractivity contribution in [3.63, 3.8) is 0 Å². The molecule has 128 valence electrons. The largest absolute Gasteiger partial charge is 0.357 e. The third-order valence-corrected chi connectivity index (χ3v) is 4.70. The van der Waals surface area contributed by atoms with Gasteiger partial charge in [0.15, 0.2) is 0 Å². The summed E-state index contributed by atoms with van der Waals surface area (Å²) in [5.41, 5.74) is 3.77. The van der Waals surface area contributed by atoms with E-state index in [-0.39, 0.29) is 5.91 Å². The highest BCUT2D eigenvalue weighted by molar-refractivity contribution is 5.78. The van der Waals surface area contributed by atoms with Crippen molar-refractivity contribution in [2.45, 2.75) is 26.3 Å². The van der Waals surface area contributed by atoms with Crippen LogP contribution >= 0.6 is 0 Å². The zero-order valence-corrected chi connectivity index (χ0v) is 14.7. The van der Waals surface area contributed by atoms with Gasteiger partial charge < -0.3 is 9.88 Å². The van der Waals surface area contributed by atoms with Crippen molar-refractivity contribution in [3.8, 4) is 0 Å². The van der Waals surface area contributed by atoms with Crippen LogP contribution in [0.1, 0.15) is 23.1 Å². The van der Waals surface area contributed by atoms with Crippen LogP contribution in [0.4, 0.5) is 0 Å². The van der Waals surface area contributed by atoms with Gasteiger partial charge in [-0.05, 0) is 43.0 Å². The molecule has 24 heavy (non-hydrogen) atoms. The molecular weight excluding hydrogens is 298 g/mol. The van der Waals surface area contributed by atoms with E-state index >= 15 is 0 Å². The predicted octanol–water partition coefficient (Wildman–Crippen LogP) is 2.51. The van der Waals surface area contributed by atoms with E-state index in [1.165, 1.54) is 11.1 Å². The number of carbonyl (C=O) groups is 1. The van der Waals surface area contributed by atoms with Gasteiger partial charge in [0, 0.05) is 39.1 Å². The third-order valence-electron chi connectivity index (χ3n) is 4.70. The molecule has 4 heteroatoms. The minimum absolute atomic E-state index is 0.123. The normalized spacial score (nSPS) is 18.0. The lowest BCUT2D eigenvalue weighted by Gasteiger charge is -2.16. The van der Waals surface area contributed by atoms with Gasteiger partial charge in [-0.1, -0.05) is 29.8 Å². The molecule has 1 aliphatic heterocycles. The van der Waals surface area contributed by atoms with Gasteiger partial charge in [0.2, 0.25) is 5.91 Å². The lowest BCUT2D eigenvalue weighted by molar-refractivity contribution is -0.120. The van der Waals surface area contributed by atoms with E-state index in [1.54, 1.807) is 0 Å². The Bertz CT molecular complexity index is 692. The van der Waals surface area contributed by atoms with E-state index in [1.807, 2.05) is 30.1 Å². The number of hydrogen-bond acceptors (Lipinski definition) is 2. The predicted molar refractivity (Wildman–Crippen MR) is 96.7 cm³/mol. The number of nitrogens with zero attached hydrogens (tertiary/aromatic N) is 2. The van der Waals surface area contributed by atoms with Crippen molar-refractivity contribution < 1.29 is 4.79 Å². The second kappa shape index (κ2) is 7.67. The molecule has 0 unspecified atom stereocenters. The molecule has 0 saturated carbocycles. The number of nitrogens with one attached hydrogen (secondary N) is 1. The van der Waals surface area contributed by atoms with Crippen molar-refractivity contribution in [1.29, 1.82) is 0 Å². The molecule has 1 aromatic carbocycles. The van der Waals surface area contributed by atoms with Gasteiger partial charge in [-0.3, -0.25) is 9.69 Å². The van der Waals surface area contributed by atoms with Crippen molar-refractivity contribution in [2.24, 2.45) is 13.0 Å². The Morgan fingerprint density at radius 1 is 1.29 bits per heavy atom. The maximum Gasteiger partial charge on any atom is 0.224 e. The lowest BCUT2D eigenvalue weighted by atomic mass is 10.1. The van der Waals surface area contributed by atoms with Gasteiger partial charge in [-0.25, -0.2) is 0 Å². The molecule has 2 heterocycles. The van der Waals surface area contributed by atoms with Crippen molar-refractivity contribution >= 4 is 5.91 Å². The molecule has 3 rings (SSSR count). The van der Waals surface area contributed by atoms with Crippen LogP contribution in [0.5, 0.6) is 0 Å². The first-order valence-corrected chi connectivity index (χ1v) is 8.74. The molecule has 1 aromatic heterocycles. The van der Waals surface area contributed by atoms with Gasteiger partial charge in [-0.2, -0.15) is 0 Å². The number of rotatable bonds is 6. The fourth-order valence-corrected chi connectivity index (χ4v) is 3.46.